The van der Waals surface area contributed by atoms with Gasteiger partial charge in [0.05, 0.1) is 11.6 Å². The third kappa shape index (κ3) is 3.03. The Labute approximate surface area is 150 Å². The van der Waals surface area contributed by atoms with Crippen LogP contribution >= 0.6 is 15.9 Å². The van der Waals surface area contributed by atoms with Crippen molar-refractivity contribution in [1.29, 1.82) is 0 Å². The van der Waals surface area contributed by atoms with Crippen LogP contribution in [-0.2, 0) is 16.0 Å². The minimum atomic E-state index is -0.307. The van der Waals surface area contributed by atoms with Gasteiger partial charge < -0.3 is 0 Å². The molecule has 0 spiro atoms. The number of carbonyl (C=O) groups is 2. The number of nitrogens with zero attached hydrogens (tertiary/aromatic N) is 1. The summed E-state index contributed by atoms with van der Waals surface area (Å²) in [6.45, 7) is 5.86. The standard InChI is InChI=1S/C20H20BrNO2/c1-12-4-7-15(8-5-12)10-17-14(3)19(23)22(20(17)24)16-9-6-13(2)18(21)11-16/h4-9,11,14,17H,10H2,1-3H3/t14-,17-/m0/s1. The van der Waals surface area contributed by atoms with Gasteiger partial charge in [0.25, 0.3) is 0 Å². The number of imide groups is 1. The fourth-order valence-electron chi connectivity index (χ4n) is 3.08. The maximum Gasteiger partial charge on any atom is 0.238 e. The summed E-state index contributed by atoms with van der Waals surface area (Å²) in [5.41, 5.74) is 3.99. The van der Waals surface area contributed by atoms with Gasteiger partial charge in [-0.05, 0) is 43.5 Å². The second-order valence-corrected chi connectivity index (χ2v) is 7.38. The second-order valence-electron chi connectivity index (χ2n) is 6.53. The molecular formula is C20H20BrNO2. The SMILES string of the molecule is Cc1ccc(C[C@@H]2C(=O)N(c3ccc(C)c(Br)c3)C(=O)[C@H]2C)cc1. The molecule has 1 heterocycles. The van der Waals surface area contributed by atoms with Crippen LogP contribution in [0.2, 0.25) is 0 Å². The lowest BCUT2D eigenvalue weighted by molar-refractivity contribution is -0.122. The Balaban J connectivity index is 1.88. The van der Waals surface area contributed by atoms with Gasteiger partial charge in [0.1, 0.15) is 0 Å². The highest BCUT2D eigenvalue weighted by atomic mass is 79.9. The number of benzene rings is 2. The van der Waals surface area contributed by atoms with Gasteiger partial charge in [0, 0.05) is 10.4 Å². The first kappa shape index (κ1) is 16.9. The molecule has 24 heavy (non-hydrogen) atoms. The van der Waals surface area contributed by atoms with Crippen molar-refractivity contribution in [2.45, 2.75) is 27.2 Å². The van der Waals surface area contributed by atoms with E-state index in [4.69, 9.17) is 0 Å². The number of rotatable bonds is 3. The van der Waals surface area contributed by atoms with Gasteiger partial charge in [-0.15, -0.1) is 0 Å². The van der Waals surface area contributed by atoms with Gasteiger partial charge in [-0.2, -0.15) is 0 Å². The van der Waals surface area contributed by atoms with Crippen molar-refractivity contribution in [2.24, 2.45) is 11.8 Å². The molecule has 124 valence electrons. The second kappa shape index (κ2) is 6.52. The molecular weight excluding hydrogens is 366 g/mol. The topological polar surface area (TPSA) is 37.4 Å². The molecule has 1 saturated heterocycles. The molecule has 0 radical (unpaired) electrons. The maximum atomic E-state index is 12.9. The van der Waals surface area contributed by atoms with E-state index in [0.717, 1.165) is 15.6 Å². The molecule has 0 aliphatic carbocycles. The summed E-state index contributed by atoms with van der Waals surface area (Å²) >= 11 is 3.47. The Hall–Kier alpha value is -1.94. The lowest BCUT2D eigenvalue weighted by atomic mass is 9.90. The molecule has 0 aromatic heterocycles. The molecule has 2 atom stereocenters. The number of halogens is 1. The van der Waals surface area contributed by atoms with Gasteiger partial charge >= 0.3 is 0 Å². The quantitative estimate of drug-likeness (QED) is 0.732. The van der Waals surface area contributed by atoms with Crippen LogP contribution < -0.4 is 4.90 Å². The Morgan fingerprint density at radius 2 is 1.67 bits per heavy atom. The van der Waals surface area contributed by atoms with E-state index in [1.54, 1.807) is 0 Å². The van der Waals surface area contributed by atoms with Gasteiger partial charge in [-0.3, -0.25) is 14.5 Å². The Morgan fingerprint density at radius 3 is 2.29 bits per heavy atom. The largest absolute Gasteiger partial charge is 0.274 e. The zero-order valence-electron chi connectivity index (χ0n) is 14.0. The number of carbonyl (C=O) groups excluding carboxylic acids is 2. The summed E-state index contributed by atoms with van der Waals surface area (Å²) in [5, 5.41) is 0. The van der Waals surface area contributed by atoms with E-state index in [1.165, 1.54) is 10.5 Å². The molecule has 0 bridgehead atoms. The molecule has 3 rings (SSSR count). The van der Waals surface area contributed by atoms with E-state index in [0.29, 0.717) is 12.1 Å². The normalized spacial score (nSPS) is 20.8. The molecule has 2 aromatic carbocycles. The van der Waals surface area contributed by atoms with Crippen molar-refractivity contribution in [1.82, 2.24) is 0 Å². The van der Waals surface area contributed by atoms with Crippen LogP contribution in [0.4, 0.5) is 5.69 Å². The minimum absolute atomic E-state index is 0.108. The molecule has 0 N–H and O–H groups in total. The smallest absolute Gasteiger partial charge is 0.238 e. The predicted octanol–water partition coefficient (Wildman–Crippen LogP) is 4.43. The molecule has 4 heteroatoms. The summed E-state index contributed by atoms with van der Waals surface area (Å²) in [6.07, 6.45) is 0.593. The van der Waals surface area contributed by atoms with Gasteiger partial charge in [-0.25, -0.2) is 0 Å². The summed E-state index contributed by atoms with van der Waals surface area (Å²) in [4.78, 5) is 26.9. The molecule has 0 saturated carbocycles. The molecule has 1 aliphatic heterocycles. The molecule has 1 aliphatic rings. The number of anilines is 1. The van der Waals surface area contributed by atoms with Crippen molar-refractivity contribution < 1.29 is 9.59 Å². The first-order valence-electron chi connectivity index (χ1n) is 8.08. The third-order valence-electron chi connectivity index (χ3n) is 4.74. The van der Waals surface area contributed by atoms with Crippen molar-refractivity contribution in [3.63, 3.8) is 0 Å². The molecule has 0 unspecified atom stereocenters. The third-order valence-corrected chi connectivity index (χ3v) is 5.60. The number of hydrogen-bond donors (Lipinski definition) is 0. The van der Waals surface area contributed by atoms with Crippen molar-refractivity contribution in [3.8, 4) is 0 Å². The fourth-order valence-corrected chi connectivity index (χ4v) is 3.45. The van der Waals surface area contributed by atoms with Crippen LogP contribution in [-0.4, -0.2) is 11.8 Å². The molecule has 1 fully saturated rings. The average Bonchev–Trinajstić information content (AvgIpc) is 2.76. The van der Waals surface area contributed by atoms with E-state index in [-0.39, 0.29) is 23.7 Å². The summed E-state index contributed by atoms with van der Waals surface area (Å²) in [6, 6.07) is 13.7. The van der Waals surface area contributed by atoms with Crippen LogP contribution in [0.5, 0.6) is 0 Å². The highest BCUT2D eigenvalue weighted by Gasteiger charge is 2.45. The summed E-state index contributed by atoms with van der Waals surface area (Å²) in [5.74, 6) is -0.837. The van der Waals surface area contributed by atoms with E-state index in [9.17, 15) is 9.59 Å². The number of aryl methyl sites for hydroxylation is 2. The first-order chi connectivity index (χ1) is 11.4. The van der Waals surface area contributed by atoms with E-state index >= 15 is 0 Å². The zero-order chi connectivity index (χ0) is 17.4. The molecule has 2 amide bonds. The summed E-state index contributed by atoms with van der Waals surface area (Å²) in [7, 11) is 0. The van der Waals surface area contributed by atoms with E-state index in [1.807, 2.05) is 63.2 Å². The summed E-state index contributed by atoms with van der Waals surface area (Å²) < 4.78 is 0.898. The van der Waals surface area contributed by atoms with Gasteiger partial charge in [0.2, 0.25) is 11.8 Å². The van der Waals surface area contributed by atoms with Gasteiger partial charge in [0.15, 0.2) is 0 Å². The van der Waals surface area contributed by atoms with Crippen LogP contribution in [0.15, 0.2) is 46.9 Å². The van der Waals surface area contributed by atoms with E-state index in [2.05, 4.69) is 15.9 Å². The van der Waals surface area contributed by atoms with Crippen LogP contribution in [0, 0.1) is 25.7 Å². The molecule has 2 aromatic rings. The Morgan fingerprint density at radius 1 is 1.00 bits per heavy atom. The minimum Gasteiger partial charge on any atom is -0.274 e. The van der Waals surface area contributed by atoms with Crippen molar-refractivity contribution in [2.75, 3.05) is 4.90 Å². The van der Waals surface area contributed by atoms with Crippen LogP contribution in [0.1, 0.15) is 23.6 Å². The highest BCUT2D eigenvalue weighted by Crippen LogP contribution is 2.34. The van der Waals surface area contributed by atoms with E-state index < -0.39 is 0 Å². The monoisotopic (exact) mass is 385 g/mol. The fraction of sp³-hybridized carbons (Fsp3) is 0.300. The maximum absolute atomic E-state index is 12.9. The van der Waals surface area contributed by atoms with Crippen molar-refractivity contribution >= 4 is 33.4 Å². The highest BCUT2D eigenvalue weighted by molar-refractivity contribution is 9.10. The zero-order valence-corrected chi connectivity index (χ0v) is 15.6. The van der Waals surface area contributed by atoms with Crippen LogP contribution in [0.3, 0.4) is 0 Å². The Bertz CT molecular complexity index is 798. The number of hydrogen-bond acceptors (Lipinski definition) is 2. The lowest BCUT2D eigenvalue weighted by Gasteiger charge is -2.16. The van der Waals surface area contributed by atoms with Gasteiger partial charge in [-0.1, -0.05) is 58.7 Å². The Kier molecular flexibility index (Phi) is 4.59. The van der Waals surface area contributed by atoms with Crippen LogP contribution in [0.25, 0.3) is 0 Å². The predicted molar refractivity (Wildman–Crippen MR) is 98.9 cm³/mol. The average molecular weight is 386 g/mol. The first-order valence-corrected chi connectivity index (χ1v) is 8.87. The number of amides is 2. The van der Waals surface area contributed by atoms with Crippen molar-refractivity contribution in [3.05, 3.63) is 63.6 Å². The molecule has 3 nitrogen and oxygen atoms in total. The lowest BCUT2D eigenvalue weighted by Crippen LogP contribution is -2.31.